The second-order valence-electron chi connectivity index (χ2n) is 0.860. The Morgan fingerprint density at radius 3 is 1.20 bits per heavy atom. The fraction of sp³-hybridized carbons (Fsp3) is 0. The van der Waals surface area contributed by atoms with Crippen molar-refractivity contribution in [1.82, 2.24) is 0 Å². The molecule has 0 spiro atoms. The predicted molar refractivity (Wildman–Crippen MR) is 37.3 cm³/mol. The van der Waals surface area contributed by atoms with E-state index in [2.05, 4.69) is 0 Å². The van der Waals surface area contributed by atoms with Gasteiger partial charge in [-0.2, -0.15) is 0 Å². The fourth-order valence-electron chi connectivity index (χ4n) is 0.107. The molecule has 0 fully saturated rings. The Morgan fingerprint density at radius 2 is 1.10 bits per heavy atom. The number of carbonyl (C=O) groups is 2. The molecular formula is C4H4K2O4. The van der Waals surface area contributed by atoms with Gasteiger partial charge in [-0.15, -0.1) is 0 Å². The average molecular weight is 194 g/mol. The Labute approximate surface area is 143 Å². The quantitative estimate of drug-likeness (QED) is 0.341. The second-order valence-corrected chi connectivity index (χ2v) is 0.860. The van der Waals surface area contributed by atoms with Gasteiger partial charge >= 0.3 is 115 Å². The van der Waals surface area contributed by atoms with Crippen LogP contribution >= 0.6 is 0 Å². The molecule has 0 aromatic carbocycles. The molecule has 0 saturated heterocycles. The van der Waals surface area contributed by atoms with Gasteiger partial charge in [-0.05, 0) is 0 Å². The summed E-state index contributed by atoms with van der Waals surface area (Å²) in [6, 6.07) is 0. The molecule has 0 aliphatic rings. The standard InChI is InChI=1S/C4H2O4.2K.2H/c5-3(6)1-2-4(7)8;;;;/h(H,5,6)(H,7,8);;;;. The molecule has 0 aliphatic heterocycles. The zero-order valence-corrected chi connectivity index (χ0v) is 3.71. The molecular weight excluding hydrogens is 190 g/mol. The van der Waals surface area contributed by atoms with E-state index in [1.54, 1.807) is 0 Å². The van der Waals surface area contributed by atoms with Gasteiger partial charge in [-0.3, -0.25) is 0 Å². The number of hydrogen-bond donors (Lipinski definition) is 2. The van der Waals surface area contributed by atoms with Crippen molar-refractivity contribution in [3.05, 3.63) is 0 Å². The van der Waals surface area contributed by atoms with E-state index in [1.165, 1.54) is 11.8 Å². The molecule has 0 saturated carbocycles. The van der Waals surface area contributed by atoms with Crippen LogP contribution in [0.1, 0.15) is 0 Å². The predicted octanol–water partition coefficient (Wildman–Crippen LogP) is -2.14. The summed E-state index contributed by atoms with van der Waals surface area (Å²) in [5, 5.41) is 15.5. The number of hydrogen-bond acceptors (Lipinski definition) is 2. The van der Waals surface area contributed by atoms with Crippen LogP contribution in [0.15, 0.2) is 0 Å². The topological polar surface area (TPSA) is 74.6 Å². The van der Waals surface area contributed by atoms with Crippen molar-refractivity contribution < 1.29 is 19.8 Å². The van der Waals surface area contributed by atoms with Crippen molar-refractivity contribution in [2.75, 3.05) is 0 Å². The van der Waals surface area contributed by atoms with Crippen molar-refractivity contribution >= 4 is 115 Å². The molecule has 0 rings (SSSR count). The third-order valence-electron chi connectivity index (χ3n) is 0.276. The monoisotopic (exact) mass is 194 g/mol. The van der Waals surface area contributed by atoms with Crippen LogP contribution in [0.4, 0.5) is 0 Å². The van der Waals surface area contributed by atoms with Crippen LogP contribution in [0.3, 0.4) is 0 Å². The van der Waals surface area contributed by atoms with Crippen LogP contribution in [0.2, 0.25) is 0 Å². The van der Waals surface area contributed by atoms with E-state index in [1.807, 2.05) is 0 Å². The minimum absolute atomic E-state index is 0. The molecule has 0 bridgehead atoms. The summed E-state index contributed by atoms with van der Waals surface area (Å²) in [5.41, 5.74) is 0. The summed E-state index contributed by atoms with van der Waals surface area (Å²) < 4.78 is 0. The molecule has 0 aromatic rings. The Balaban J connectivity index is -0.000000245. The zero-order valence-electron chi connectivity index (χ0n) is 3.71. The van der Waals surface area contributed by atoms with Gasteiger partial charge in [-0.25, -0.2) is 9.59 Å². The Kier molecular flexibility index (Phi) is 19.1. The first kappa shape index (κ1) is 17.8. The van der Waals surface area contributed by atoms with Gasteiger partial charge in [0.2, 0.25) is 0 Å². The van der Waals surface area contributed by atoms with Gasteiger partial charge in [-0.1, -0.05) is 0 Å². The second kappa shape index (κ2) is 10.8. The third kappa shape index (κ3) is 16.4. The van der Waals surface area contributed by atoms with Gasteiger partial charge in [0.15, 0.2) is 0 Å². The van der Waals surface area contributed by atoms with E-state index in [-0.39, 0.29) is 103 Å². The van der Waals surface area contributed by atoms with Gasteiger partial charge in [0.25, 0.3) is 0 Å². The van der Waals surface area contributed by atoms with Crippen LogP contribution in [0, 0.1) is 11.8 Å². The molecule has 0 atom stereocenters. The Hall–Kier alpha value is 1.77. The maximum atomic E-state index is 9.47. The zero-order chi connectivity index (χ0) is 6.57. The van der Waals surface area contributed by atoms with E-state index in [0.29, 0.717) is 0 Å². The normalized spacial score (nSPS) is 5.20. The van der Waals surface area contributed by atoms with E-state index in [0.717, 1.165) is 0 Å². The van der Waals surface area contributed by atoms with E-state index >= 15 is 0 Å². The molecule has 0 heterocycles. The number of carboxylic acids is 2. The molecule has 0 aliphatic carbocycles. The summed E-state index contributed by atoms with van der Waals surface area (Å²) >= 11 is 0. The fourth-order valence-corrected chi connectivity index (χ4v) is 0.107. The molecule has 6 heteroatoms. The number of carboxylic acid groups (broad SMARTS) is 2. The van der Waals surface area contributed by atoms with Gasteiger partial charge in [0.1, 0.15) is 0 Å². The van der Waals surface area contributed by atoms with Crippen LogP contribution in [-0.2, 0) is 9.59 Å². The average Bonchev–Trinajstić information content (AvgIpc) is 1.61. The molecule has 46 valence electrons. The van der Waals surface area contributed by atoms with E-state index in [9.17, 15) is 9.59 Å². The molecule has 10 heavy (non-hydrogen) atoms. The Morgan fingerprint density at radius 1 is 0.900 bits per heavy atom. The van der Waals surface area contributed by atoms with Gasteiger partial charge in [0, 0.05) is 11.8 Å². The van der Waals surface area contributed by atoms with Crippen LogP contribution in [0.5, 0.6) is 0 Å². The van der Waals surface area contributed by atoms with Gasteiger partial charge in [0.05, 0.1) is 0 Å². The SMILES string of the molecule is O=C(O)C#CC(=O)O.[KH].[KH]. The number of rotatable bonds is 0. The summed E-state index contributed by atoms with van der Waals surface area (Å²) in [4.78, 5) is 18.9. The molecule has 0 radical (unpaired) electrons. The van der Waals surface area contributed by atoms with Crippen LogP contribution in [-0.4, -0.2) is 125 Å². The van der Waals surface area contributed by atoms with Crippen LogP contribution < -0.4 is 0 Å². The van der Waals surface area contributed by atoms with Crippen LogP contribution in [0.25, 0.3) is 0 Å². The first-order chi connectivity index (χ1) is 3.63. The first-order valence-corrected chi connectivity index (χ1v) is 1.61. The minimum atomic E-state index is -1.44. The van der Waals surface area contributed by atoms with Crippen molar-refractivity contribution in [1.29, 1.82) is 0 Å². The molecule has 0 unspecified atom stereocenters. The molecule has 0 amide bonds. The summed E-state index contributed by atoms with van der Waals surface area (Å²) in [7, 11) is 0. The number of aliphatic carboxylic acids is 2. The van der Waals surface area contributed by atoms with E-state index < -0.39 is 11.9 Å². The summed E-state index contributed by atoms with van der Waals surface area (Å²) in [6.45, 7) is 0. The molecule has 0 aromatic heterocycles. The van der Waals surface area contributed by atoms with Crippen molar-refractivity contribution in [3.63, 3.8) is 0 Å². The van der Waals surface area contributed by atoms with Gasteiger partial charge < -0.3 is 10.2 Å². The van der Waals surface area contributed by atoms with Crippen molar-refractivity contribution in [3.8, 4) is 11.8 Å². The van der Waals surface area contributed by atoms with Crippen molar-refractivity contribution in [2.45, 2.75) is 0 Å². The maximum absolute atomic E-state index is 9.47. The van der Waals surface area contributed by atoms with Crippen molar-refractivity contribution in [2.24, 2.45) is 0 Å². The molecule has 2 N–H and O–H groups in total. The molecule has 4 nitrogen and oxygen atoms in total. The third-order valence-corrected chi connectivity index (χ3v) is 0.276. The first-order valence-electron chi connectivity index (χ1n) is 1.61. The summed E-state index contributed by atoms with van der Waals surface area (Å²) in [5.74, 6) is -0.0511. The Bertz CT molecular complexity index is 159. The van der Waals surface area contributed by atoms with E-state index in [4.69, 9.17) is 10.2 Å². The summed E-state index contributed by atoms with van der Waals surface area (Å²) in [6.07, 6.45) is 0.